The molecule has 5 nitrogen and oxygen atoms in total. The van der Waals surface area contributed by atoms with Gasteiger partial charge in [0.25, 0.3) is 0 Å². The fourth-order valence-corrected chi connectivity index (χ4v) is 3.62. The Balaban J connectivity index is 1.37. The van der Waals surface area contributed by atoms with Crippen molar-refractivity contribution in [3.63, 3.8) is 0 Å². The van der Waals surface area contributed by atoms with Crippen molar-refractivity contribution >= 4 is 5.91 Å². The van der Waals surface area contributed by atoms with Crippen molar-refractivity contribution in [2.45, 2.75) is 32.9 Å². The molecule has 3 rings (SSSR count). The number of amides is 1. The molecular formula is C24H33N3O2. The van der Waals surface area contributed by atoms with Crippen molar-refractivity contribution in [1.82, 2.24) is 15.1 Å². The van der Waals surface area contributed by atoms with E-state index in [4.69, 9.17) is 4.74 Å². The molecule has 156 valence electrons. The lowest BCUT2D eigenvalue weighted by atomic mass is 10.1. The molecule has 0 bridgehead atoms. The first-order chi connectivity index (χ1) is 14.2. The number of hydrogen-bond acceptors (Lipinski definition) is 4. The monoisotopic (exact) mass is 395 g/mol. The molecule has 29 heavy (non-hydrogen) atoms. The maximum Gasteiger partial charge on any atom is 0.220 e. The molecule has 0 aliphatic carbocycles. The SMILES string of the molecule is CCN1CCN(Cc2ccc(CNC(=O)CCc3ccc(OC)cc3)cc2)CC1. The summed E-state index contributed by atoms with van der Waals surface area (Å²) in [6, 6.07) is 16.5. The highest BCUT2D eigenvalue weighted by molar-refractivity contribution is 5.76. The Hall–Kier alpha value is -2.37. The van der Waals surface area contributed by atoms with Crippen LogP contribution in [0.1, 0.15) is 30.0 Å². The summed E-state index contributed by atoms with van der Waals surface area (Å²) in [5.74, 6) is 0.920. The number of rotatable bonds is 9. The summed E-state index contributed by atoms with van der Waals surface area (Å²) < 4.78 is 5.16. The highest BCUT2D eigenvalue weighted by atomic mass is 16.5. The van der Waals surface area contributed by atoms with Gasteiger partial charge >= 0.3 is 0 Å². The molecule has 1 amide bonds. The Labute approximate surface area is 174 Å². The highest BCUT2D eigenvalue weighted by Crippen LogP contribution is 2.13. The van der Waals surface area contributed by atoms with Gasteiger partial charge in [-0.25, -0.2) is 0 Å². The van der Waals surface area contributed by atoms with E-state index >= 15 is 0 Å². The van der Waals surface area contributed by atoms with Crippen LogP contribution >= 0.6 is 0 Å². The second-order valence-electron chi connectivity index (χ2n) is 7.65. The van der Waals surface area contributed by atoms with E-state index < -0.39 is 0 Å². The number of nitrogens with one attached hydrogen (secondary N) is 1. The van der Waals surface area contributed by atoms with Gasteiger partial charge in [0, 0.05) is 45.7 Å². The topological polar surface area (TPSA) is 44.8 Å². The molecule has 5 heteroatoms. The van der Waals surface area contributed by atoms with Gasteiger partial charge < -0.3 is 15.0 Å². The van der Waals surface area contributed by atoms with Gasteiger partial charge in [0.1, 0.15) is 5.75 Å². The summed E-state index contributed by atoms with van der Waals surface area (Å²) in [4.78, 5) is 17.2. The molecule has 0 radical (unpaired) electrons. The third-order valence-corrected chi connectivity index (χ3v) is 5.63. The molecule has 1 aliphatic heterocycles. The summed E-state index contributed by atoms with van der Waals surface area (Å²) >= 11 is 0. The van der Waals surface area contributed by atoms with Crippen LogP contribution in [0.4, 0.5) is 0 Å². The molecule has 0 saturated carbocycles. The second-order valence-corrected chi connectivity index (χ2v) is 7.65. The smallest absolute Gasteiger partial charge is 0.220 e. The predicted octanol–water partition coefficient (Wildman–Crippen LogP) is 3.08. The minimum atomic E-state index is 0.0821. The number of likely N-dealkylation sites (N-methyl/N-ethyl adjacent to an activating group) is 1. The van der Waals surface area contributed by atoms with Crippen LogP contribution in [-0.4, -0.2) is 55.5 Å². The molecule has 2 aromatic rings. The van der Waals surface area contributed by atoms with Crippen molar-refractivity contribution in [3.8, 4) is 5.75 Å². The van der Waals surface area contributed by atoms with Crippen molar-refractivity contribution < 1.29 is 9.53 Å². The lowest BCUT2D eigenvalue weighted by Gasteiger charge is -2.34. The zero-order chi connectivity index (χ0) is 20.5. The van der Waals surface area contributed by atoms with E-state index in [0.717, 1.165) is 62.6 Å². The van der Waals surface area contributed by atoms with Crippen LogP contribution in [-0.2, 0) is 24.3 Å². The van der Waals surface area contributed by atoms with E-state index in [0.29, 0.717) is 13.0 Å². The number of methoxy groups -OCH3 is 1. The first-order valence-electron chi connectivity index (χ1n) is 10.6. The Morgan fingerprint density at radius 2 is 1.48 bits per heavy atom. The van der Waals surface area contributed by atoms with E-state index in [1.54, 1.807) is 7.11 Å². The maximum absolute atomic E-state index is 12.1. The molecule has 0 unspecified atom stereocenters. The third kappa shape index (κ3) is 6.87. The number of nitrogens with zero attached hydrogens (tertiary/aromatic N) is 2. The van der Waals surface area contributed by atoms with Crippen molar-refractivity contribution in [2.75, 3.05) is 39.8 Å². The number of carbonyl (C=O) groups excluding carboxylic acids is 1. The molecule has 0 spiro atoms. The number of ether oxygens (including phenoxy) is 1. The molecule has 1 fully saturated rings. The van der Waals surface area contributed by atoms with Crippen molar-refractivity contribution in [2.24, 2.45) is 0 Å². The van der Waals surface area contributed by atoms with Gasteiger partial charge in [-0.1, -0.05) is 43.3 Å². The highest BCUT2D eigenvalue weighted by Gasteiger charge is 2.15. The minimum Gasteiger partial charge on any atom is -0.497 e. The van der Waals surface area contributed by atoms with Gasteiger partial charge in [-0.05, 0) is 41.8 Å². The molecule has 1 saturated heterocycles. The van der Waals surface area contributed by atoms with E-state index in [1.165, 1.54) is 5.56 Å². The molecule has 1 heterocycles. The Kier molecular flexibility index (Phi) is 8.08. The summed E-state index contributed by atoms with van der Waals surface area (Å²) in [5.41, 5.74) is 3.62. The fourth-order valence-electron chi connectivity index (χ4n) is 3.62. The van der Waals surface area contributed by atoms with Crippen LogP contribution < -0.4 is 10.1 Å². The van der Waals surface area contributed by atoms with Crippen molar-refractivity contribution in [1.29, 1.82) is 0 Å². The van der Waals surface area contributed by atoms with E-state index in [1.807, 2.05) is 24.3 Å². The lowest BCUT2D eigenvalue weighted by Crippen LogP contribution is -2.45. The fraction of sp³-hybridized carbons (Fsp3) is 0.458. The minimum absolute atomic E-state index is 0.0821. The molecule has 0 aromatic heterocycles. The first-order valence-corrected chi connectivity index (χ1v) is 10.6. The van der Waals surface area contributed by atoms with Crippen LogP contribution in [0.5, 0.6) is 5.75 Å². The van der Waals surface area contributed by atoms with Gasteiger partial charge in [0.15, 0.2) is 0 Å². The van der Waals surface area contributed by atoms with Gasteiger partial charge in [-0.2, -0.15) is 0 Å². The van der Waals surface area contributed by atoms with Gasteiger partial charge in [-0.3, -0.25) is 9.69 Å². The van der Waals surface area contributed by atoms with Crippen molar-refractivity contribution in [3.05, 3.63) is 65.2 Å². The zero-order valence-corrected chi connectivity index (χ0v) is 17.7. The maximum atomic E-state index is 12.1. The Morgan fingerprint density at radius 3 is 2.10 bits per heavy atom. The van der Waals surface area contributed by atoms with Crippen LogP contribution in [0.2, 0.25) is 0 Å². The second kappa shape index (κ2) is 11.0. The first kappa shape index (κ1) is 21.3. The third-order valence-electron chi connectivity index (χ3n) is 5.63. The van der Waals surface area contributed by atoms with Crippen LogP contribution in [0, 0.1) is 0 Å². The molecule has 1 aliphatic rings. The lowest BCUT2D eigenvalue weighted by molar-refractivity contribution is -0.121. The summed E-state index contributed by atoms with van der Waals surface area (Å²) in [5, 5.41) is 3.02. The van der Waals surface area contributed by atoms with Crippen LogP contribution in [0.3, 0.4) is 0 Å². The van der Waals surface area contributed by atoms with E-state index in [2.05, 4.69) is 46.3 Å². The molecule has 1 N–H and O–H groups in total. The predicted molar refractivity (Wildman–Crippen MR) is 117 cm³/mol. The summed E-state index contributed by atoms with van der Waals surface area (Å²) in [6.45, 7) is 9.57. The van der Waals surface area contributed by atoms with Gasteiger partial charge in [0.05, 0.1) is 7.11 Å². The quantitative estimate of drug-likeness (QED) is 0.709. The average molecular weight is 396 g/mol. The number of carbonyl (C=O) groups is 1. The Morgan fingerprint density at radius 1 is 0.897 bits per heavy atom. The van der Waals surface area contributed by atoms with Gasteiger partial charge in [0.2, 0.25) is 5.91 Å². The Bertz CT molecular complexity index is 751. The number of hydrogen-bond donors (Lipinski definition) is 1. The van der Waals surface area contributed by atoms with Crippen LogP contribution in [0.15, 0.2) is 48.5 Å². The van der Waals surface area contributed by atoms with Crippen LogP contribution in [0.25, 0.3) is 0 Å². The largest absolute Gasteiger partial charge is 0.497 e. The number of benzene rings is 2. The standard InChI is InChI=1S/C24H33N3O2/c1-3-26-14-16-27(17-15-26)19-22-6-4-21(5-7-22)18-25-24(28)13-10-20-8-11-23(29-2)12-9-20/h4-9,11-12H,3,10,13-19H2,1-2H3,(H,25,28). The molecule has 0 atom stereocenters. The molecular weight excluding hydrogens is 362 g/mol. The normalized spacial score (nSPS) is 15.2. The van der Waals surface area contributed by atoms with E-state index in [-0.39, 0.29) is 5.91 Å². The zero-order valence-electron chi connectivity index (χ0n) is 17.7. The number of piperazine rings is 1. The summed E-state index contributed by atoms with van der Waals surface area (Å²) in [7, 11) is 1.66. The number of aryl methyl sites for hydroxylation is 1. The molecule has 2 aromatic carbocycles. The average Bonchev–Trinajstić information content (AvgIpc) is 2.78. The summed E-state index contributed by atoms with van der Waals surface area (Å²) in [6.07, 6.45) is 1.23. The van der Waals surface area contributed by atoms with E-state index in [9.17, 15) is 4.79 Å². The van der Waals surface area contributed by atoms with Gasteiger partial charge in [-0.15, -0.1) is 0 Å².